The first kappa shape index (κ1) is 18.6. The number of pyridine rings is 1. The standard InChI is InChI=1S/C20H21FN4O2/c1-20(2,3)16-10-18(25-27-16)24-19(26)9-12-4-6-14(15(21)8-12)13-5-7-17(22)23-11-13/h4-8,10-11H,9H2,1-3H3,(H2,22,23)(H,24,25,26). The summed E-state index contributed by atoms with van der Waals surface area (Å²) in [5, 5.41) is 6.51. The molecule has 2 aromatic heterocycles. The van der Waals surface area contributed by atoms with E-state index in [4.69, 9.17) is 10.3 Å². The van der Waals surface area contributed by atoms with Crippen LogP contribution in [0, 0.1) is 5.82 Å². The third-order valence-electron chi connectivity index (χ3n) is 4.01. The SMILES string of the molecule is CC(C)(C)c1cc(NC(=O)Cc2ccc(-c3ccc(N)nc3)c(F)c2)no1. The fourth-order valence-electron chi connectivity index (χ4n) is 2.53. The molecule has 0 saturated heterocycles. The van der Waals surface area contributed by atoms with Gasteiger partial charge in [-0.05, 0) is 23.8 Å². The first-order chi connectivity index (χ1) is 12.7. The minimum absolute atomic E-state index is 0.0227. The molecule has 0 unspecified atom stereocenters. The second kappa shape index (κ2) is 7.19. The molecule has 27 heavy (non-hydrogen) atoms. The predicted octanol–water partition coefficient (Wildman–Crippen LogP) is 3.94. The first-order valence-electron chi connectivity index (χ1n) is 8.50. The average molecular weight is 368 g/mol. The molecule has 1 amide bonds. The number of nitrogen functional groups attached to an aromatic ring is 1. The lowest BCUT2D eigenvalue weighted by Crippen LogP contribution is -2.15. The Balaban J connectivity index is 1.68. The molecule has 140 valence electrons. The average Bonchev–Trinajstić information content (AvgIpc) is 3.05. The van der Waals surface area contributed by atoms with E-state index < -0.39 is 5.82 Å². The number of rotatable bonds is 4. The fourth-order valence-corrected chi connectivity index (χ4v) is 2.53. The summed E-state index contributed by atoms with van der Waals surface area (Å²) < 4.78 is 19.7. The molecule has 3 rings (SSSR count). The van der Waals surface area contributed by atoms with E-state index in [2.05, 4.69) is 15.5 Å². The highest BCUT2D eigenvalue weighted by atomic mass is 19.1. The molecule has 1 aromatic carbocycles. The number of halogens is 1. The molecule has 0 aliphatic heterocycles. The van der Waals surface area contributed by atoms with Crippen LogP contribution in [0.15, 0.2) is 47.1 Å². The van der Waals surface area contributed by atoms with E-state index in [1.165, 1.54) is 12.3 Å². The molecule has 0 spiro atoms. The molecule has 0 atom stereocenters. The van der Waals surface area contributed by atoms with Crippen LogP contribution in [0.2, 0.25) is 0 Å². The van der Waals surface area contributed by atoms with E-state index in [9.17, 15) is 9.18 Å². The lowest BCUT2D eigenvalue weighted by molar-refractivity contribution is -0.115. The van der Waals surface area contributed by atoms with Gasteiger partial charge in [-0.2, -0.15) is 0 Å². The smallest absolute Gasteiger partial charge is 0.230 e. The molecule has 0 radical (unpaired) electrons. The lowest BCUT2D eigenvalue weighted by Gasteiger charge is -2.12. The lowest BCUT2D eigenvalue weighted by atomic mass is 9.93. The van der Waals surface area contributed by atoms with E-state index >= 15 is 0 Å². The summed E-state index contributed by atoms with van der Waals surface area (Å²) in [6.07, 6.45) is 1.53. The van der Waals surface area contributed by atoms with Gasteiger partial charge in [0, 0.05) is 28.8 Å². The maximum absolute atomic E-state index is 14.4. The summed E-state index contributed by atoms with van der Waals surface area (Å²) in [5.41, 5.74) is 6.92. The van der Waals surface area contributed by atoms with Gasteiger partial charge in [-0.1, -0.05) is 38.1 Å². The molecule has 3 aromatic rings. The number of nitrogens with zero attached hydrogens (tertiary/aromatic N) is 2. The van der Waals surface area contributed by atoms with Crippen molar-refractivity contribution in [2.45, 2.75) is 32.6 Å². The van der Waals surface area contributed by atoms with Crippen LogP contribution in [0.3, 0.4) is 0 Å². The summed E-state index contributed by atoms with van der Waals surface area (Å²) in [7, 11) is 0. The molecule has 0 aliphatic carbocycles. The summed E-state index contributed by atoms with van der Waals surface area (Å²) in [6, 6.07) is 9.67. The highest BCUT2D eigenvalue weighted by molar-refractivity contribution is 5.91. The van der Waals surface area contributed by atoms with Gasteiger partial charge in [-0.25, -0.2) is 9.37 Å². The molecule has 0 bridgehead atoms. The van der Waals surface area contributed by atoms with Crippen molar-refractivity contribution in [3.8, 4) is 11.1 Å². The van der Waals surface area contributed by atoms with E-state index in [-0.39, 0.29) is 17.7 Å². The van der Waals surface area contributed by atoms with Gasteiger partial charge in [-0.3, -0.25) is 4.79 Å². The van der Waals surface area contributed by atoms with E-state index in [0.717, 1.165) is 0 Å². The van der Waals surface area contributed by atoms with Gasteiger partial charge in [0.1, 0.15) is 17.4 Å². The summed E-state index contributed by atoms with van der Waals surface area (Å²) in [5.74, 6) is 0.656. The molecule has 0 aliphatic rings. The molecule has 2 heterocycles. The van der Waals surface area contributed by atoms with Crippen molar-refractivity contribution in [2.24, 2.45) is 0 Å². The number of carbonyl (C=O) groups excluding carboxylic acids is 1. The summed E-state index contributed by atoms with van der Waals surface area (Å²) in [6.45, 7) is 5.96. The Hall–Kier alpha value is -3.22. The molecular formula is C20H21FN4O2. The van der Waals surface area contributed by atoms with Crippen LogP contribution in [0.25, 0.3) is 11.1 Å². The Morgan fingerprint density at radius 3 is 2.59 bits per heavy atom. The predicted molar refractivity (Wildman–Crippen MR) is 102 cm³/mol. The van der Waals surface area contributed by atoms with Crippen LogP contribution in [-0.2, 0) is 16.6 Å². The zero-order valence-corrected chi connectivity index (χ0v) is 15.4. The highest BCUT2D eigenvalue weighted by Crippen LogP contribution is 2.25. The van der Waals surface area contributed by atoms with Crippen molar-refractivity contribution in [2.75, 3.05) is 11.1 Å². The maximum atomic E-state index is 14.4. The molecule has 0 fully saturated rings. The number of anilines is 2. The zero-order chi connectivity index (χ0) is 19.6. The molecular weight excluding hydrogens is 347 g/mol. The minimum atomic E-state index is -0.427. The zero-order valence-electron chi connectivity index (χ0n) is 15.4. The Bertz CT molecular complexity index is 959. The summed E-state index contributed by atoms with van der Waals surface area (Å²) >= 11 is 0. The van der Waals surface area contributed by atoms with Gasteiger partial charge in [-0.15, -0.1) is 0 Å². The number of amides is 1. The van der Waals surface area contributed by atoms with Gasteiger partial charge in [0.2, 0.25) is 5.91 Å². The van der Waals surface area contributed by atoms with Crippen LogP contribution < -0.4 is 11.1 Å². The van der Waals surface area contributed by atoms with Gasteiger partial charge in [0.15, 0.2) is 5.82 Å². The van der Waals surface area contributed by atoms with Gasteiger partial charge in [0.25, 0.3) is 0 Å². The van der Waals surface area contributed by atoms with Crippen molar-refractivity contribution in [3.63, 3.8) is 0 Å². The number of hydrogen-bond acceptors (Lipinski definition) is 5. The summed E-state index contributed by atoms with van der Waals surface area (Å²) in [4.78, 5) is 16.2. The van der Waals surface area contributed by atoms with E-state index in [1.807, 2.05) is 20.8 Å². The van der Waals surface area contributed by atoms with Crippen molar-refractivity contribution >= 4 is 17.5 Å². The van der Waals surface area contributed by atoms with Crippen molar-refractivity contribution in [3.05, 3.63) is 59.7 Å². The Kier molecular flexibility index (Phi) is 4.94. The van der Waals surface area contributed by atoms with Crippen LogP contribution in [-0.4, -0.2) is 16.0 Å². The Morgan fingerprint density at radius 1 is 1.22 bits per heavy atom. The Morgan fingerprint density at radius 2 is 2.00 bits per heavy atom. The van der Waals surface area contributed by atoms with Crippen molar-refractivity contribution in [1.82, 2.24) is 10.1 Å². The normalized spacial score (nSPS) is 11.4. The Labute approximate surface area is 156 Å². The quantitative estimate of drug-likeness (QED) is 0.727. The second-order valence-corrected chi connectivity index (χ2v) is 7.34. The van der Waals surface area contributed by atoms with Gasteiger partial charge in [0.05, 0.1) is 6.42 Å². The van der Waals surface area contributed by atoms with Crippen LogP contribution in [0.5, 0.6) is 0 Å². The first-order valence-corrected chi connectivity index (χ1v) is 8.50. The topological polar surface area (TPSA) is 94.0 Å². The number of carbonyl (C=O) groups is 1. The number of nitrogens with one attached hydrogen (secondary N) is 1. The van der Waals surface area contributed by atoms with E-state index in [0.29, 0.717) is 34.1 Å². The second-order valence-electron chi connectivity index (χ2n) is 7.34. The molecule has 6 nitrogen and oxygen atoms in total. The van der Waals surface area contributed by atoms with Crippen LogP contribution in [0.4, 0.5) is 16.0 Å². The van der Waals surface area contributed by atoms with Crippen LogP contribution in [0.1, 0.15) is 32.1 Å². The number of benzene rings is 1. The largest absolute Gasteiger partial charge is 0.384 e. The number of nitrogens with two attached hydrogens (primary N) is 1. The maximum Gasteiger partial charge on any atom is 0.230 e. The monoisotopic (exact) mass is 368 g/mol. The van der Waals surface area contributed by atoms with Gasteiger partial charge < -0.3 is 15.6 Å². The molecule has 0 saturated carbocycles. The van der Waals surface area contributed by atoms with Crippen molar-refractivity contribution < 1.29 is 13.7 Å². The van der Waals surface area contributed by atoms with Crippen molar-refractivity contribution in [1.29, 1.82) is 0 Å². The van der Waals surface area contributed by atoms with E-state index in [1.54, 1.807) is 30.3 Å². The molecule has 7 heteroatoms. The molecule has 3 N–H and O–H groups in total. The third-order valence-corrected chi connectivity index (χ3v) is 4.01. The minimum Gasteiger partial charge on any atom is -0.384 e. The third kappa shape index (κ3) is 4.49. The van der Waals surface area contributed by atoms with Crippen LogP contribution >= 0.6 is 0 Å². The fraction of sp³-hybridized carbons (Fsp3) is 0.250. The number of aromatic nitrogens is 2. The number of hydrogen-bond donors (Lipinski definition) is 2. The van der Waals surface area contributed by atoms with Gasteiger partial charge >= 0.3 is 0 Å². The highest BCUT2D eigenvalue weighted by Gasteiger charge is 2.20.